The molecular formula is C10H22N2O3S. The molecule has 5 nitrogen and oxygen atoms in total. The number of carbonyl (C=O) groups excluding carboxylic acids is 1. The molecule has 0 fully saturated rings. The summed E-state index contributed by atoms with van der Waals surface area (Å²) in [5.74, 6) is 0.435. The number of amides is 2. The molecule has 2 atom stereocenters. The Balaban J connectivity index is 3.75. The van der Waals surface area contributed by atoms with Crippen LogP contribution in [-0.4, -0.2) is 45.0 Å². The van der Waals surface area contributed by atoms with Gasteiger partial charge in [-0.2, -0.15) is 0 Å². The predicted octanol–water partition coefficient (Wildman–Crippen LogP) is 0.214. The molecule has 0 aromatic heterocycles. The van der Waals surface area contributed by atoms with Crippen molar-refractivity contribution in [2.45, 2.75) is 38.5 Å². The van der Waals surface area contributed by atoms with Crippen LogP contribution < -0.4 is 10.6 Å². The van der Waals surface area contributed by atoms with Crippen LogP contribution >= 0.6 is 0 Å². The molecule has 0 aromatic rings. The second-order valence-corrected chi connectivity index (χ2v) is 6.97. The Hall–Kier alpha value is -0.620. The summed E-state index contributed by atoms with van der Waals surface area (Å²) < 4.78 is 11.4. The van der Waals surface area contributed by atoms with Gasteiger partial charge in [0, 0.05) is 27.8 Å². The first kappa shape index (κ1) is 15.4. The first-order valence-corrected chi connectivity index (χ1v) is 6.63. The normalized spacial score (nSPS) is 15.3. The average molecular weight is 250 g/mol. The van der Waals surface area contributed by atoms with E-state index in [-0.39, 0.29) is 23.4 Å². The van der Waals surface area contributed by atoms with Gasteiger partial charge in [-0.25, -0.2) is 4.79 Å². The molecule has 2 amide bonds. The summed E-state index contributed by atoms with van der Waals surface area (Å²) in [5, 5.41) is 13.9. The van der Waals surface area contributed by atoms with Gasteiger partial charge in [-0.3, -0.25) is 4.21 Å². The van der Waals surface area contributed by atoms with Crippen molar-refractivity contribution in [2.75, 3.05) is 18.9 Å². The van der Waals surface area contributed by atoms with Crippen LogP contribution in [-0.2, 0) is 10.8 Å². The maximum absolute atomic E-state index is 11.6. The molecule has 6 heteroatoms. The van der Waals surface area contributed by atoms with E-state index in [1.165, 1.54) is 0 Å². The highest BCUT2D eigenvalue weighted by Crippen LogP contribution is 2.10. The molecule has 0 radical (unpaired) electrons. The fourth-order valence-electron chi connectivity index (χ4n) is 0.884. The minimum atomic E-state index is -0.960. The van der Waals surface area contributed by atoms with Gasteiger partial charge in [0.15, 0.2) is 0 Å². The summed E-state index contributed by atoms with van der Waals surface area (Å²) in [5.41, 5.74) is 0. The van der Waals surface area contributed by atoms with Crippen molar-refractivity contribution in [1.82, 2.24) is 10.6 Å². The van der Waals surface area contributed by atoms with E-state index in [9.17, 15) is 9.00 Å². The molecule has 0 saturated heterocycles. The monoisotopic (exact) mass is 250 g/mol. The lowest BCUT2D eigenvalue weighted by molar-refractivity contribution is 0.221. The topological polar surface area (TPSA) is 78.4 Å². The van der Waals surface area contributed by atoms with E-state index in [2.05, 4.69) is 10.6 Å². The highest BCUT2D eigenvalue weighted by atomic mass is 32.2. The molecule has 0 heterocycles. The molecule has 0 saturated carbocycles. The van der Waals surface area contributed by atoms with Gasteiger partial charge in [-0.15, -0.1) is 0 Å². The molecule has 0 aliphatic carbocycles. The third-order valence-corrected chi connectivity index (χ3v) is 3.85. The SMILES string of the molecule is CC(CO)NC(=O)NCCS(=O)C(C)(C)C. The van der Waals surface area contributed by atoms with Crippen LogP contribution in [0.3, 0.4) is 0 Å². The number of aliphatic hydroxyl groups is 1. The van der Waals surface area contributed by atoms with E-state index in [4.69, 9.17) is 5.11 Å². The van der Waals surface area contributed by atoms with E-state index in [1.54, 1.807) is 6.92 Å². The quantitative estimate of drug-likeness (QED) is 0.653. The van der Waals surface area contributed by atoms with Crippen molar-refractivity contribution in [1.29, 1.82) is 0 Å². The van der Waals surface area contributed by atoms with Gasteiger partial charge >= 0.3 is 6.03 Å². The third kappa shape index (κ3) is 6.79. The van der Waals surface area contributed by atoms with Crippen LogP contribution in [0.5, 0.6) is 0 Å². The second kappa shape index (κ2) is 6.85. The Labute approximate surface area is 99.5 Å². The zero-order chi connectivity index (χ0) is 12.8. The highest BCUT2D eigenvalue weighted by Gasteiger charge is 2.18. The Morgan fingerprint density at radius 1 is 1.44 bits per heavy atom. The van der Waals surface area contributed by atoms with E-state index >= 15 is 0 Å². The smallest absolute Gasteiger partial charge is 0.315 e. The Morgan fingerprint density at radius 3 is 2.44 bits per heavy atom. The van der Waals surface area contributed by atoms with Crippen LogP contribution in [0.25, 0.3) is 0 Å². The lowest BCUT2D eigenvalue weighted by Gasteiger charge is -2.18. The lowest BCUT2D eigenvalue weighted by atomic mass is 10.3. The van der Waals surface area contributed by atoms with Crippen molar-refractivity contribution in [3.63, 3.8) is 0 Å². The molecule has 16 heavy (non-hydrogen) atoms. The number of nitrogens with one attached hydrogen (secondary N) is 2. The number of hydrogen-bond donors (Lipinski definition) is 3. The summed E-state index contributed by atoms with van der Waals surface area (Å²) in [4.78, 5) is 11.2. The van der Waals surface area contributed by atoms with Gasteiger partial charge in [-0.1, -0.05) is 0 Å². The van der Waals surface area contributed by atoms with Crippen LogP contribution in [0.4, 0.5) is 4.79 Å². The van der Waals surface area contributed by atoms with Crippen LogP contribution in [0, 0.1) is 0 Å². The van der Waals surface area contributed by atoms with Gasteiger partial charge in [0.25, 0.3) is 0 Å². The van der Waals surface area contributed by atoms with Crippen molar-refractivity contribution < 1.29 is 14.1 Å². The minimum Gasteiger partial charge on any atom is -0.394 e. The largest absolute Gasteiger partial charge is 0.394 e. The standard InChI is InChI=1S/C10H22N2O3S/c1-8(7-13)12-9(14)11-5-6-16(15)10(2,3)4/h8,13H,5-7H2,1-4H3,(H2,11,12,14). The molecule has 2 unspecified atom stereocenters. The number of aliphatic hydroxyl groups excluding tert-OH is 1. The van der Waals surface area contributed by atoms with E-state index in [1.807, 2.05) is 20.8 Å². The fourth-order valence-corrected chi connectivity index (χ4v) is 1.78. The summed E-state index contributed by atoms with van der Waals surface area (Å²) in [6, 6.07) is -0.611. The van der Waals surface area contributed by atoms with Gasteiger partial charge in [0.05, 0.1) is 12.6 Å². The maximum Gasteiger partial charge on any atom is 0.315 e. The summed E-state index contributed by atoms with van der Waals surface area (Å²) in [6.45, 7) is 7.67. The number of rotatable bonds is 5. The minimum absolute atomic E-state index is 0.0959. The molecule has 3 N–H and O–H groups in total. The molecule has 0 spiro atoms. The van der Waals surface area contributed by atoms with Crippen LogP contribution in [0.15, 0.2) is 0 Å². The number of carbonyl (C=O) groups is 1. The first-order chi connectivity index (χ1) is 7.27. The van der Waals surface area contributed by atoms with E-state index in [0.29, 0.717) is 12.3 Å². The molecule has 0 bridgehead atoms. The van der Waals surface area contributed by atoms with Gasteiger partial charge < -0.3 is 15.7 Å². The van der Waals surface area contributed by atoms with Crippen molar-refractivity contribution in [2.24, 2.45) is 0 Å². The molecule has 0 aliphatic rings. The Morgan fingerprint density at radius 2 is 2.00 bits per heavy atom. The van der Waals surface area contributed by atoms with E-state index < -0.39 is 10.8 Å². The highest BCUT2D eigenvalue weighted by molar-refractivity contribution is 7.86. The van der Waals surface area contributed by atoms with Crippen LogP contribution in [0.1, 0.15) is 27.7 Å². The number of urea groups is 1. The fraction of sp³-hybridized carbons (Fsp3) is 0.900. The molecular weight excluding hydrogens is 228 g/mol. The molecule has 96 valence electrons. The van der Waals surface area contributed by atoms with Crippen molar-refractivity contribution in [3.05, 3.63) is 0 Å². The first-order valence-electron chi connectivity index (χ1n) is 5.31. The van der Waals surface area contributed by atoms with Gasteiger partial charge in [0.1, 0.15) is 0 Å². The van der Waals surface area contributed by atoms with Crippen LogP contribution in [0.2, 0.25) is 0 Å². The predicted molar refractivity (Wildman–Crippen MR) is 65.8 cm³/mol. The molecule has 0 rings (SSSR count). The number of hydrogen-bond acceptors (Lipinski definition) is 3. The third-order valence-electron chi connectivity index (χ3n) is 1.91. The van der Waals surface area contributed by atoms with Gasteiger partial charge in [-0.05, 0) is 27.7 Å². The zero-order valence-electron chi connectivity index (χ0n) is 10.4. The van der Waals surface area contributed by atoms with Gasteiger partial charge in [0.2, 0.25) is 0 Å². The van der Waals surface area contributed by atoms with Crippen molar-refractivity contribution >= 4 is 16.8 Å². The average Bonchev–Trinajstić information content (AvgIpc) is 2.15. The zero-order valence-corrected chi connectivity index (χ0v) is 11.2. The maximum atomic E-state index is 11.6. The second-order valence-electron chi connectivity index (χ2n) is 4.65. The molecule has 0 aromatic carbocycles. The Kier molecular flexibility index (Phi) is 6.59. The lowest BCUT2D eigenvalue weighted by Crippen LogP contribution is -2.44. The summed E-state index contributed by atoms with van der Waals surface area (Å²) >= 11 is 0. The summed E-state index contributed by atoms with van der Waals surface area (Å²) in [7, 11) is -0.960. The molecule has 0 aliphatic heterocycles. The summed E-state index contributed by atoms with van der Waals surface area (Å²) in [6.07, 6.45) is 0. The Bertz CT molecular complexity index is 251. The van der Waals surface area contributed by atoms with Crippen molar-refractivity contribution in [3.8, 4) is 0 Å². The van der Waals surface area contributed by atoms with E-state index in [0.717, 1.165) is 0 Å².